The number of aromatic hydroxyl groups is 2. The third-order valence-corrected chi connectivity index (χ3v) is 10.3. The van der Waals surface area contributed by atoms with Gasteiger partial charge < -0.3 is 30.2 Å². The summed E-state index contributed by atoms with van der Waals surface area (Å²) in [5.41, 5.74) is 3.27. The lowest BCUT2D eigenvalue weighted by molar-refractivity contribution is -0.535. The summed E-state index contributed by atoms with van der Waals surface area (Å²) in [6, 6.07) is 26.8. The molecule has 7 rings (SSSR count). The molecule has 0 atom stereocenters. The zero-order chi connectivity index (χ0) is 32.3. The first-order valence-electron chi connectivity index (χ1n) is 16.5. The van der Waals surface area contributed by atoms with Gasteiger partial charge in [-0.3, -0.25) is 0 Å². The van der Waals surface area contributed by atoms with E-state index in [1.807, 2.05) is 60.7 Å². The van der Waals surface area contributed by atoms with Crippen LogP contribution in [0.1, 0.15) is 50.7 Å². The molecule has 1 aliphatic carbocycles. The highest BCUT2D eigenvalue weighted by atomic mass is 16.3. The second kappa shape index (κ2) is 11.7. The predicted molar refractivity (Wildman–Crippen MR) is 186 cm³/mol. The van der Waals surface area contributed by atoms with Crippen LogP contribution in [0.15, 0.2) is 84.9 Å². The fourth-order valence-electron chi connectivity index (χ4n) is 8.24. The van der Waals surface area contributed by atoms with Crippen molar-refractivity contribution in [2.75, 3.05) is 36.0 Å². The number of fused-ring (bicyclic) bond motifs is 4. The molecular formula is C40H40N2O4-2. The Labute approximate surface area is 269 Å². The van der Waals surface area contributed by atoms with Gasteiger partial charge in [0.25, 0.3) is 0 Å². The van der Waals surface area contributed by atoms with Gasteiger partial charge in [0.15, 0.2) is 0 Å². The molecule has 1 saturated carbocycles. The van der Waals surface area contributed by atoms with Crippen molar-refractivity contribution in [2.24, 2.45) is 0 Å². The second-order valence-electron chi connectivity index (χ2n) is 12.3. The van der Waals surface area contributed by atoms with Crippen LogP contribution in [0.5, 0.6) is 11.5 Å². The Morgan fingerprint density at radius 1 is 0.478 bits per heavy atom. The molecule has 6 aromatic rings. The molecule has 6 aromatic carbocycles. The zero-order valence-corrected chi connectivity index (χ0v) is 26.8. The number of rotatable bonds is 8. The van der Waals surface area contributed by atoms with Crippen LogP contribution in [0.3, 0.4) is 0 Å². The van der Waals surface area contributed by atoms with Gasteiger partial charge in [0.05, 0.1) is 11.4 Å². The Morgan fingerprint density at radius 2 is 0.804 bits per heavy atom. The minimum Gasteiger partial charge on any atom is -0.851 e. The predicted octanol–water partition coefficient (Wildman–Crippen LogP) is 6.74. The number of hydrogen-bond donors (Lipinski definition) is 2. The van der Waals surface area contributed by atoms with E-state index in [2.05, 4.69) is 49.6 Å². The third-order valence-electron chi connectivity index (χ3n) is 10.3. The molecule has 0 saturated heterocycles. The van der Waals surface area contributed by atoms with Gasteiger partial charge in [-0.15, -0.1) is 12.2 Å². The molecule has 6 heteroatoms. The van der Waals surface area contributed by atoms with Crippen molar-refractivity contribution < 1.29 is 20.4 Å². The third kappa shape index (κ3) is 4.24. The maximum absolute atomic E-state index is 14.7. The Bertz CT molecular complexity index is 1940. The highest BCUT2D eigenvalue weighted by molar-refractivity contribution is 6.17. The summed E-state index contributed by atoms with van der Waals surface area (Å²) in [7, 11) is 0. The monoisotopic (exact) mass is 612 g/mol. The first-order chi connectivity index (χ1) is 22.4. The number of benzene rings is 6. The second-order valence-corrected chi connectivity index (χ2v) is 12.3. The molecule has 0 bridgehead atoms. The van der Waals surface area contributed by atoms with Crippen molar-refractivity contribution in [2.45, 2.75) is 51.7 Å². The maximum atomic E-state index is 14.7. The van der Waals surface area contributed by atoms with E-state index in [9.17, 15) is 20.4 Å². The van der Waals surface area contributed by atoms with Crippen LogP contribution < -0.4 is 20.0 Å². The Morgan fingerprint density at radius 3 is 1.15 bits per heavy atom. The van der Waals surface area contributed by atoms with Gasteiger partial charge in [-0.25, -0.2) is 0 Å². The van der Waals surface area contributed by atoms with Crippen molar-refractivity contribution in [1.29, 1.82) is 0 Å². The first kappa shape index (κ1) is 30.2. The van der Waals surface area contributed by atoms with E-state index in [0.717, 1.165) is 69.9 Å². The van der Waals surface area contributed by atoms with Gasteiger partial charge in [0.2, 0.25) is 0 Å². The number of nitrogens with zero attached hydrogens (tertiary/aromatic N) is 2. The van der Waals surface area contributed by atoms with E-state index in [-0.39, 0.29) is 11.5 Å². The molecule has 0 radical (unpaired) electrons. The molecule has 6 nitrogen and oxygen atoms in total. The normalized spacial score (nSPS) is 19.6. The van der Waals surface area contributed by atoms with Crippen molar-refractivity contribution in [1.82, 2.24) is 0 Å². The molecule has 0 amide bonds. The lowest BCUT2D eigenvalue weighted by atomic mass is 9.60. The summed E-state index contributed by atoms with van der Waals surface area (Å²) in [6.07, 6.45) is -2.56. The minimum atomic E-state index is -1.28. The largest absolute Gasteiger partial charge is 0.851 e. The summed E-state index contributed by atoms with van der Waals surface area (Å²) in [5.74, 6) is -1.60. The zero-order valence-electron chi connectivity index (χ0n) is 26.8. The molecule has 0 aromatic heterocycles. The first-order valence-corrected chi connectivity index (χ1v) is 16.5. The van der Waals surface area contributed by atoms with Crippen molar-refractivity contribution in [3.05, 3.63) is 96.1 Å². The Hall–Kier alpha value is -4.52. The number of anilines is 2. The summed E-state index contributed by atoms with van der Waals surface area (Å²) in [4.78, 5) is 4.53. The average Bonchev–Trinajstić information content (AvgIpc) is 3.07. The summed E-state index contributed by atoms with van der Waals surface area (Å²) >= 11 is 0. The molecule has 46 heavy (non-hydrogen) atoms. The highest BCUT2D eigenvalue weighted by Crippen LogP contribution is 2.56. The minimum absolute atomic E-state index is 0.0756. The van der Waals surface area contributed by atoms with Crippen molar-refractivity contribution >= 4 is 54.5 Å². The van der Waals surface area contributed by atoms with E-state index < -0.39 is 24.0 Å². The molecule has 1 fully saturated rings. The van der Waals surface area contributed by atoms with Crippen LogP contribution in [0.4, 0.5) is 11.4 Å². The van der Waals surface area contributed by atoms with Gasteiger partial charge >= 0.3 is 0 Å². The molecule has 0 heterocycles. The number of phenolic OH excluding ortho intramolecular Hbond substituents is 2. The smallest absolute Gasteiger partial charge is 0.123 e. The summed E-state index contributed by atoms with van der Waals surface area (Å²) < 4.78 is 0. The van der Waals surface area contributed by atoms with Gasteiger partial charge in [-0.05, 0) is 73.6 Å². The van der Waals surface area contributed by atoms with Crippen LogP contribution in [0, 0.1) is 0 Å². The van der Waals surface area contributed by atoms with Crippen molar-refractivity contribution in [3.8, 4) is 11.5 Å². The molecule has 236 valence electrons. The van der Waals surface area contributed by atoms with E-state index in [1.54, 1.807) is 12.1 Å². The molecule has 0 spiro atoms. The van der Waals surface area contributed by atoms with Gasteiger partial charge in [0, 0.05) is 58.5 Å². The van der Waals surface area contributed by atoms with E-state index in [4.69, 9.17) is 0 Å². The quantitative estimate of drug-likeness (QED) is 0.185. The van der Waals surface area contributed by atoms with Crippen LogP contribution in [0.25, 0.3) is 43.1 Å². The van der Waals surface area contributed by atoms with E-state index >= 15 is 0 Å². The number of phenols is 2. The molecular weight excluding hydrogens is 572 g/mol. The molecule has 2 N–H and O–H groups in total. The van der Waals surface area contributed by atoms with E-state index in [1.165, 1.54) is 0 Å². The van der Waals surface area contributed by atoms with Gasteiger partial charge in [0.1, 0.15) is 11.5 Å². The molecule has 0 unspecified atom stereocenters. The van der Waals surface area contributed by atoms with Gasteiger partial charge in [-0.1, -0.05) is 72.8 Å². The van der Waals surface area contributed by atoms with E-state index in [0.29, 0.717) is 21.9 Å². The van der Waals surface area contributed by atoms with Crippen LogP contribution >= 0.6 is 0 Å². The maximum Gasteiger partial charge on any atom is 0.123 e. The van der Waals surface area contributed by atoms with Crippen LogP contribution in [0.2, 0.25) is 0 Å². The summed E-state index contributed by atoms with van der Waals surface area (Å²) in [5, 5.41) is 58.7. The Balaban J connectivity index is 1.49. The molecule has 0 aliphatic heterocycles. The standard InChI is InChI=1S/C40H40N2O4/c1-5-41(6-2)37-25-17-11-9-15-23(25)33(31-27(37)19-13-21-29(31)43)35-39(45)36(40(35)46)34-24-16-10-12-18-26(24)38(42(7-3)8-4)28-20-14-22-30(44)32(28)34/h9-22,35-36,39-40,43-44H,5-8H2,1-4H3/q-2. The fourth-order valence-corrected chi connectivity index (χ4v) is 8.24. The average molecular weight is 613 g/mol. The molecule has 1 aliphatic rings. The SMILES string of the molecule is CCN(CC)c1c2ccccc2c(C2C([O-])C(c3c4ccccc4c(N(CC)CC)c4cccc(O)c34)C2[O-])c2c(O)cccc12. The van der Waals surface area contributed by atoms with Crippen LogP contribution in [-0.4, -0.2) is 48.6 Å². The highest BCUT2D eigenvalue weighted by Gasteiger charge is 2.42. The summed E-state index contributed by atoms with van der Waals surface area (Å²) in [6.45, 7) is 11.5. The van der Waals surface area contributed by atoms with Crippen LogP contribution in [-0.2, 0) is 0 Å². The van der Waals surface area contributed by atoms with Gasteiger partial charge in [-0.2, -0.15) is 0 Å². The van der Waals surface area contributed by atoms with Crippen molar-refractivity contribution in [3.63, 3.8) is 0 Å². The topological polar surface area (TPSA) is 93.1 Å². The fraction of sp³-hybridized carbons (Fsp3) is 0.300. The lowest BCUT2D eigenvalue weighted by Crippen LogP contribution is -2.63. The lowest BCUT2D eigenvalue weighted by Gasteiger charge is -2.62. The number of hydrogen-bond acceptors (Lipinski definition) is 6. The Kier molecular flexibility index (Phi) is 7.66.